The Morgan fingerprint density at radius 2 is 1.90 bits per heavy atom. The van der Waals surface area contributed by atoms with Gasteiger partial charge in [-0.25, -0.2) is 0 Å². The fraction of sp³-hybridized carbons (Fsp3) is 0.588. The van der Waals surface area contributed by atoms with Gasteiger partial charge in [-0.05, 0) is 62.7 Å². The molecule has 3 nitrogen and oxygen atoms in total. The number of fused-ring (bicyclic) bond motifs is 1. The van der Waals surface area contributed by atoms with E-state index in [1.165, 1.54) is 11.1 Å². The van der Waals surface area contributed by atoms with E-state index >= 15 is 0 Å². The van der Waals surface area contributed by atoms with Crippen LogP contribution >= 0.6 is 0 Å². The summed E-state index contributed by atoms with van der Waals surface area (Å²) < 4.78 is 0. The molecule has 0 amide bonds. The van der Waals surface area contributed by atoms with Gasteiger partial charge in [0.1, 0.15) is 0 Å². The van der Waals surface area contributed by atoms with Crippen LogP contribution < -0.4 is 5.32 Å². The summed E-state index contributed by atoms with van der Waals surface area (Å²) in [7, 11) is 0. The summed E-state index contributed by atoms with van der Waals surface area (Å²) in [4.78, 5) is 0. The number of rotatable bonds is 1. The van der Waals surface area contributed by atoms with Gasteiger partial charge in [0, 0.05) is 0 Å². The van der Waals surface area contributed by atoms with Gasteiger partial charge < -0.3 is 10.4 Å². The Morgan fingerprint density at radius 1 is 1.10 bits per heavy atom. The van der Waals surface area contributed by atoms with E-state index in [-0.39, 0.29) is 0 Å². The van der Waals surface area contributed by atoms with Crippen molar-refractivity contribution in [1.82, 2.24) is 5.32 Å². The molecule has 106 valence electrons. The molecule has 20 heavy (non-hydrogen) atoms. The standard InChI is InChI=1S/C17H22N2O/c18-13-16(17(20)7-3-10-19-11-9-17)8-6-14-4-1-2-5-15(14)12-16/h1-2,4-5,19-20H,3,6-12H2. The lowest BCUT2D eigenvalue weighted by atomic mass is 9.60. The smallest absolute Gasteiger partial charge is 0.0904 e. The molecular weight excluding hydrogens is 248 g/mol. The molecule has 1 aliphatic carbocycles. The summed E-state index contributed by atoms with van der Waals surface area (Å²) in [6.45, 7) is 1.75. The van der Waals surface area contributed by atoms with E-state index in [0.717, 1.165) is 38.8 Å². The predicted octanol–water partition coefficient (Wildman–Crippen LogP) is 2.19. The predicted molar refractivity (Wildman–Crippen MR) is 78.2 cm³/mol. The van der Waals surface area contributed by atoms with E-state index in [2.05, 4.69) is 29.6 Å². The number of benzene rings is 1. The van der Waals surface area contributed by atoms with Crippen LogP contribution in [0.1, 0.15) is 36.8 Å². The zero-order valence-corrected chi connectivity index (χ0v) is 11.9. The molecular formula is C17H22N2O. The summed E-state index contributed by atoms with van der Waals surface area (Å²) in [5.74, 6) is 0. The second-order valence-electron chi connectivity index (χ2n) is 6.27. The number of aliphatic hydroxyl groups is 1. The topological polar surface area (TPSA) is 56.0 Å². The highest BCUT2D eigenvalue weighted by atomic mass is 16.3. The normalized spacial score (nSPS) is 33.8. The van der Waals surface area contributed by atoms with E-state index in [4.69, 9.17) is 0 Å². The van der Waals surface area contributed by atoms with Crippen LogP contribution in [-0.4, -0.2) is 23.8 Å². The molecule has 1 saturated heterocycles. The van der Waals surface area contributed by atoms with Crippen LogP contribution in [0.5, 0.6) is 0 Å². The maximum atomic E-state index is 11.2. The van der Waals surface area contributed by atoms with Crippen LogP contribution in [0.25, 0.3) is 0 Å². The molecule has 1 fully saturated rings. The van der Waals surface area contributed by atoms with Crippen molar-refractivity contribution in [3.8, 4) is 6.07 Å². The first-order valence-corrected chi connectivity index (χ1v) is 7.60. The van der Waals surface area contributed by atoms with E-state index < -0.39 is 11.0 Å². The van der Waals surface area contributed by atoms with Crippen molar-refractivity contribution < 1.29 is 5.11 Å². The van der Waals surface area contributed by atoms with Gasteiger partial charge in [-0.1, -0.05) is 24.3 Å². The number of nitriles is 1. The van der Waals surface area contributed by atoms with Crippen molar-refractivity contribution in [2.45, 2.75) is 44.1 Å². The number of nitrogens with zero attached hydrogens (tertiary/aromatic N) is 1. The lowest BCUT2D eigenvalue weighted by molar-refractivity contribution is -0.0714. The second-order valence-corrected chi connectivity index (χ2v) is 6.27. The maximum Gasteiger partial charge on any atom is 0.0904 e. The van der Waals surface area contributed by atoms with Crippen LogP contribution in [0.3, 0.4) is 0 Å². The van der Waals surface area contributed by atoms with Crippen molar-refractivity contribution in [2.75, 3.05) is 13.1 Å². The van der Waals surface area contributed by atoms with Crippen LogP contribution in [0, 0.1) is 16.7 Å². The highest BCUT2D eigenvalue weighted by Gasteiger charge is 2.51. The molecule has 1 heterocycles. The highest BCUT2D eigenvalue weighted by molar-refractivity contribution is 5.34. The molecule has 0 bridgehead atoms. The molecule has 2 N–H and O–H groups in total. The van der Waals surface area contributed by atoms with Crippen molar-refractivity contribution >= 4 is 0 Å². The Hall–Kier alpha value is -1.37. The number of hydrogen-bond acceptors (Lipinski definition) is 3. The molecule has 0 aromatic heterocycles. The van der Waals surface area contributed by atoms with Crippen molar-refractivity contribution in [2.24, 2.45) is 5.41 Å². The summed E-state index contributed by atoms with van der Waals surface area (Å²) in [5, 5.41) is 24.4. The lowest BCUT2D eigenvalue weighted by Gasteiger charge is -2.45. The van der Waals surface area contributed by atoms with Gasteiger partial charge in [0.25, 0.3) is 0 Å². The maximum absolute atomic E-state index is 11.2. The second kappa shape index (κ2) is 5.20. The van der Waals surface area contributed by atoms with Gasteiger partial charge in [0.15, 0.2) is 0 Å². The fourth-order valence-electron chi connectivity index (χ4n) is 3.86. The minimum Gasteiger partial charge on any atom is -0.388 e. The Morgan fingerprint density at radius 3 is 2.70 bits per heavy atom. The quantitative estimate of drug-likeness (QED) is 0.822. The van der Waals surface area contributed by atoms with Crippen molar-refractivity contribution in [3.63, 3.8) is 0 Å². The highest BCUT2D eigenvalue weighted by Crippen LogP contribution is 2.47. The molecule has 2 atom stereocenters. The lowest BCUT2D eigenvalue weighted by Crippen LogP contribution is -2.51. The zero-order chi connectivity index (χ0) is 14.1. The number of nitrogens with one attached hydrogen (secondary N) is 1. The first kappa shape index (κ1) is 13.6. The van der Waals surface area contributed by atoms with Gasteiger partial charge in [0.2, 0.25) is 0 Å². The van der Waals surface area contributed by atoms with Crippen LogP contribution in [0.4, 0.5) is 0 Å². The molecule has 3 rings (SSSR count). The molecule has 0 spiro atoms. The van der Waals surface area contributed by atoms with Gasteiger partial charge in [0.05, 0.1) is 17.1 Å². The third-order valence-corrected chi connectivity index (χ3v) is 5.20. The van der Waals surface area contributed by atoms with Gasteiger partial charge in [-0.3, -0.25) is 0 Å². The average Bonchev–Trinajstić information content (AvgIpc) is 2.72. The first-order chi connectivity index (χ1) is 9.69. The Balaban J connectivity index is 1.95. The van der Waals surface area contributed by atoms with Gasteiger partial charge >= 0.3 is 0 Å². The minimum absolute atomic E-state index is 0.618. The van der Waals surface area contributed by atoms with Crippen LogP contribution in [0.2, 0.25) is 0 Å². The van der Waals surface area contributed by atoms with Crippen LogP contribution in [-0.2, 0) is 12.8 Å². The molecule has 0 saturated carbocycles. The average molecular weight is 270 g/mol. The first-order valence-electron chi connectivity index (χ1n) is 7.60. The Kier molecular flexibility index (Phi) is 3.54. The molecule has 2 unspecified atom stereocenters. The third-order valence-electron chi connectivity index (χ3n) is 5.20. The van der Waals surface area contributed by atoms with Crippen molar-refractivity contribution in [3.05, 3.63) is 35.4 Å². The van der Waals surface area contributed by atoms with Crippen molar-refractivity contribution in [1.29, 1.82) is 5.26 Å². The SMILES string of the molecule is N#CC1(C2(O)CCCNCC2)CCc2ccccc2C1. The molecule has 2 aliphatic rings. The molecule has 1 aliphatic heterocycles. The van der Waals surface area contributed by atoms with Gasteiger partial charge in [-0.15, -0.1) is 0 Å². The monoisotopic (exact) mass is 270 g/mol. The fourth-order valence-corrected chi connectivity index (χ4v) is 3.86. The molecule has 0 radical (unpaired) electrons. The number of aryl methyl sites for hydroxylation is 1. The summed E-state index contributed by atoms with van der Waals surface area (Å²) in [5.41, 5.74) is 1.12. The largest absolute Gasteiger partial charge is 0.388 e. The summed E-state index contributed by atoms with van der Waals surface area (Å²) in [6.07, 6.45) is 4.73. The Bertz CT molecular complexity index is 526. The summed E-state index contributed by atoms with van der Waals surface area (Å²) in [6, 6.07) is 10.9. The van der Waals surface area contributed by atoms with E-state index in [0.29, 0.717) is 12.8 Å². The number of hydrogen-bond donors (Lipinski definition) is 2. The minimum atomic E-state index is -0.848. The zero-order valence-electron chi connectivity index (χ0n) is 11.9. The van der Waals surface area contributed by atoms with E-state index in [1.807, 2.05) is 6.07 Å². The Labute approximate surface area is 120 Å². The summed E-state index contributed by atoms with van der Waals surface area (Å²) >= 11 is 0. The molecule has 3 heteroatoms. The van der Waals surface area contributed by atoms with Gasteiger partial charge in [-0.2, -0.15) is 5.26 Å². The third kappa shape index (κ3) is 2.13. The van der Waals surface area contributed by atoms with Crippen LogP contribution in [0.15, 0.2) is 24.3 Å². The molecule has 1 aromatic carbocycles. The molecule has 1 aromatic rings. The van der Waals surface area contributed by atoms with E-state index in [1.54, 1.807) is 0 Å². The van der Waals surface area contributed by atoms with E-state index in [9.17, 15) is 10.4 Å².